The van der Waals surface area contributed by atoms with Gasteiger partial charge in [0.25, 0.3) is 5.91 Å². The summed E-state index contributed by atoms with van der Waals surface area (Å²) in [5.74, 6) is -1.07. The highest BCUT2D eigenvalue weighted by atomic mass is 16.5. The standard InChI is InChI=1S/C22H22N2O5/c1-13-20(15-8-4-6-10-17(15)24-13)21(26)14(2)29-19(25)12-23-22(27)16-9-5-7-11-18(16)28-3/h4-11,14,24H,12H2,1-3H3,(H,23,27)/t14-/m1/s1. The predicted molar refractivity (Wildman–Crippen MR) is 108 cm³/mol. The van der Waals surface area contributed by atoms with E-state index in [1.165, 1.54) is 14.0 Å². The third-order valence-electron chi connectivity index (χ3n) is 4.56. The number of hydrogen-bond acceptors (Lipinski definition) is 5. The van der Waals surface area contributed by atoms with Crippen LogP contribution in [0.1, 0.15) is 33.3 Å². The number of aromatic nitrogens is 1. The summed E-state index contributed by atoms with van der Waals surface area (Å²) in [6, 6.07) is 14.1. The van der Waals surface area contributed by atoms with Gasteiger partial charge in [0.05, 0.1) is 12.7 Å². The molecule has 1 aromatic heterocycles. The van der Waals surface area contributed by atoms with Crippen LogP contribution in [-0.2, 0) is 9.53 Å². The summed E-state index contributed by atoms with van der Waals surface area (Å²) >= 11 is 0. The number of ether oxygens (including phenoxy) is 2. The van der Waals surface area contributed by atoms with Crippen LogP contribution in [0.5, 0.6) is 5.75 Å². The van der Waals surface area contributed by atoms with Crippen LogP contribution in [-0.4, -0.2) is 42.4 Å². The Balaban J connectivity index is 1.62. The Hall–Kier alpha value is -3.61. The van der Waals surface area contributed by atoms with E-state index < -0.39 is 18.0 Å². The molecule has 2 aromatic carbocycles. The van der Waals surface area contributed by atoms with Crippen molar-refractivity contribution in [2.75, 3.05) is 13.7 Å². The summed E-state index contributed by atoms with van der Waals surface area (Å²) in [5, 5.41) is 3.26. The van der Waals surface area contributed by atoms with E-state index in [1.54, 1.807) is 31.2 Å². The molecule has 0 radical (unpaired) electrons. The minimum atomic E-state index is -0.983. The number of carbonyl (C=O) groups excluding carboxylic acids is 3. The number of esters is 1. The van der Waals surface area contributed by atoms with Crippen LogP contribution in [0.4, 0.5) is 0 Å². The highest BCUT2D eigenvalue weighted by Crippen LogP contribution is 2.24. The second kappa shape index (κ2) is 8.60. The lowest BCUT2D eigenvalue weighted by atomic mass is 10.0. The third-order valence-corrected chi connectivity index (χ3v) is 4.56. The lowest BCUT2D eigenvalue weighted by molar-refractivity contribution is -0.145. The van der Waals surface area contributed by atoms with Crippen molar-refractivity contribution in [3.8, 4) is 5.75 Å². The van der Waals surface area contributed by atoms with E-state index in [-0.39, 0.29) is 12.3 Å². The van der Waals surface area contributed by atoms with Crippen LogP contribution in [0.2, 0.25) is 0 Å². The molecule has 0 aliphatic carbocycles. The second-order valence-corrected chi connectivity index (χ2v) is 6.55. The van der Waals surface area contributed by atoms with Crippen LogP contribution in [0.3, 0.4) is 0 Å². The van der Waals surface area contributed by atoms with Crippen LogP contribution in [0.15, 0.2) is 48.5 Å². The number of amides is 1. The molecule has 2 N–H and O–H groups in total. The largest absolute Gasteiger partial charge is 0.496 e. The maximum absolute atomic E-state index is 12.8. The number of hydrogen-bond donors (Lipinski definition) is 2. The van der Waals surface area contributed by atoms with Crippen molar-refractivity contribution >= 4 is 28.6 Å². The molecule has 1 heterocycles. The SMILES string of the molecule is COc1ccccc1C(=O)NCC(=O)O[C@H](C)C(=O)c1c(C)[nH]c2ccccc12. The van der Waals surface area contributed by atoms with Gasteiger partial charge >= 0.3 is 5.97 Å². The Morgan fingerprint density at radius 1 is 1.07 bits per heavy atom. The van der Waals surface area contributed by atoms with Crippen LogP contribution in [0, 0.1) is 6.92 Å². The van der Waals surface area contributed by atoms with Gasteiger partial charge in [-0.05, 0) is 32.0 Å². The zero-order chi connectivity index (χ0) is 21.0. The quantitative estimate of drug-likeness (QED) is 0.474. The van der Waals surface area contributed by atoms with Gasteiger partial charge in [-0.3, -0.25) is 14.4 Å². The Morgan fingerprint density at radius 2 is 1.76 bits per heavy atom. The Bertz CT molecular complexity index is 1070. The van der Waals surface area contributed by atoms with Gasteiger partial charge in [-0.15, -0.1) is 0 Å². The molecule has 3 aromatic rings. The molecule has 7 heteroatoms. The fraction of sp³-hybridized carbons (Fsp3) is 0.227. The minimum absolute atomic E-state index is 0.302. The molecular formula is C22H22N2O5. The minimum Gasteiger partial charge on any atom is -0.496 e. The van der Waals surface area contributed by atoms with E-state index in [1.807, 2.05) is 24.3 Å². The van der Waals surface area contributed by atoms with Crippen molar-refractivity contribution in [1.29, 1.82) is 0 Å². The van der Waals surface area contributed by atoms with Gasteiger partial charge in [-0.2, -0.15) is 0 Å². The summed E-state index contributed by atoms with van der Waals surface area (Å²) in [4.78, 5) is 40.4. The first-order valence-corrected chi connectivity index (χ1v) is 9.14. The third kappa shape index (κ3) is 4.29. The number of nitrogens with one attached hydrogen (secondary N) is 2. The van der Waals surface area contributed by atoms with E-state index in [2.05, 4.69) is 10.3 Å². The molecule has 0 unspecified atom stereocenters. The lowest BCUT2D eigenvalue weighted by Crippen LogP contribution is -2.34. The smallest absolute Gasteiger partial charge is 0.326 e. The van der Waals surface area contributed by atoms with E-state index in [0.29, 0.717) is 22.6 Å². The molecule has 0 saturated heterocycles. The molecule has 0 fully saturated rings. The molecule has 0 aliphatic rings. The normalized spacial score (nSPS) is 11.7. The second-order valence-electron chi connectivity index (χ2n) is 6.55. The predicted octanol–water partition coefficient (Wildman–Crippen LogP) is 3.03. The number of Topliss-reactive ketones (excluding diaryl/α,β-unsaturated/α-hetero) is 1. The number of H-pyrrole nitrogens is 1. The van der Waals surface area contributed by atoms with Crippen molar-refractivity contribution in [2.45, 2.75) is 20.0 Å². The first kappa shape index (κ1) is 20.1. The van der Waals surface area contributed by atoms with Crippen molar-refractivity contribution in [3.05, 3.63) is 65.4 Å². The number of rotatable bonds is 7. The fourth-order valence-corrected chi connectivity index (χ4v) is 3.17. The molecule has 0 saturated carbocycles. The van der Waals surface area contributed by atoms with Crippen molar-refractivity contribution in [2.24, 2.45) is 0 Å². The molecule has 150 valence electrons. The van der Waals surface area contributed by atoms with Crippen molar-refractivity contribution in [3.63, 3.8) is 0 Å². The topological polar surface area (TPSA) is 97.5 Å². The molecule has 7 nitrogen and oxygen atoms in total. The number of fused-ring (bicyclic) bond motifs is 1. The van der Waals surface area contributed by atoms with Crippen molar-refractivity contribution in [1.82, 2.24) is 10.3 Å². The molecule has 3 rings (SSSR count). The van der Waals surface area contributed by atoms with Gasteiger partial charge in [0.15, 0.2) is 6.10 Å². The Kier molecular flexibility index (Phi) is 5.97. The highest BCUT2D eigenvalue weighted by Gasteiger charge is 2.24. The van der Waals surface area contributed by atoms with Gasteiger partial charge < -0.3 is 19.8 Å². The average Bonchev–Trinajstić information content (AvgIpc) is 3.06. The lowest BCUT2D eigenvalue weighted by Gasteiger charge is -2.13. The summed E-state index contributed by atoms with van der Waals surface area (Å²) in [7, 11) is 1.46. The van der Waals surface area contributed by atoms with Crippen LogP contribution >= 0.6 is 0 Å². The number of aromatic amines is 1. The maximum atomic E-state index is 12.8. The zero-order valence-electron chi connectivity index (χ0n) is 16.4. The highest BCUT2D eigenvalue weighted by molar-refractivity contribution is 6.11. The molecule has 0 aliphatic heterocycles. The number of aryl methyl sites for hydroxylation is 1. The molecule has 0 bridgehead atoms. The summed E-state index contributed by atoms with van der Waals surface area (Å²) in [6.07, 6.45) is -0.983. The van der Waals surface area contributed by atoms with Crippen LogP contribution in [0.25, 0.3) is 10.9 Å². The van der Waals surface area contributed by atoms with E-state index in [0.717, 1.165) is 10.9 Å². The first-order valence-electron chi connectivity index (χ1n) is 9.14. The van der Waals surface area contributed by atoms with Gasteiger partial charge in [0.1, 0.15) is 12.3 Å². The van der Waals surface area contributed by atoms with Gasteiger partial charge in [0.2, 0.25) is 5.78 Å². The maximum Gasteiger partial charge on any atom is 0.326 e. The van der Waals surface area contributed by atoms with Gasteiger partial charge in [0, 0.05) is 22.2 Å². The molecule has 1 amide bonds. The monoisotopic (exact) mass is 394 g/mol. The van der Waals surface area contributed by atoms with Gasteiger partial charge in [-0.1, -0.05) is 30.3 Å². The summed E-state index contributed by atoms with van der Waals surface area (Å²) < 4.78 is 10.4. The number of benzene rings is 2. The van der Waals surface area contributed by atoms with Crippen LogP contribution < -0.4 is 10.1 Å². The average molecular weight is 394 g/mol. The van der Waals surface area contributed by atoms with E-state index >= 15 is 0 Å². The van der Waals surface area contributed by atoms with E-state index in [9.17, 15) is 14.4 Å². The Morgan fingerprint density at radius 3 is 2.52 bits per heavy atom. The van der Waals surface area contributed by atoms with Gasteiger partial charge in [-0.25, -0.2) is 0 Å². The summed E-state index contributed by atoms with van der Waals surface area (Å²) in [6.45, 7) is 2.96. The first-order chi connectivity index (χ1) is 13.9. The summed E-state index contributed by atoms with van der Waals surface area (Å²) in [5.41, 5.74) is 2.36. The number of carbonyl (C=O) groups is 3. The van der Waals surface area contributed by atoms with Crippen molar-refractivity contribution < 1.29 is 23.9 Å². The molecular weight excluding hydrogens is 372 g/mol. The molecule has 29 heavy (non-hydrogen) atoms. The molecule has 1 atom stereocenters. The fourth-order valence-electron chi connectivity index (χ4n) is 3.17. The zero-order valence-corrected chi connectivity index (χ0v) is 16.4. The number of methoxy groups -OCH3 is 1. The number of para-hydroxylation sites is 2. The number of ketones is 1. The Labute approximate surface area is 168 Å². The van der Waals surface area contributed by atoms with E-state index in [4.69, 9.17) is 9.47 Å². The molecule has 0 spiro atoms.